The highest BCUT2D eigenvalue weighted by Gasteiger charge is 2.21. The summed E-state index contributed by atoms with van der Waals surface area (Å²) in [4.78, 5) is 8.54. The van der Waals surface area contributed by atoms with Crippen molar-refractivity contribution in [1.29, 1.82) is 10.5 Å². The number of hydrogen-bond acceptors (Lipinski definition) is 9. The van der Waals surface area contributed by atoms with Crippen LogP contribution in [-0.2, 0) is 5.75 Å². The molecule has 0 radical (unpaired) electrons. The largest absolute Gasteiger partial charge is 0.491 e. The number of oxazole rings is 1. The maximum absolute atomic E-state index is 13.5. The summed E-state index contributed by atoms with van der Waals surface area (Å²) in [6.45, 7) is 0.00325. The number of hydrogen-bond donors (Lipinski definition) is 2. The zero-order chi connectivity index (χ0) is 25.7. The van der Waals surface area contributed by atoms with Gasteiger partial charge in [-0.15, -0.1) is 0 Å². The topological polar surface area (TPSA) is 142 Å². The first-order valence-corrected chi connectivity index (χ1v) is 11.4. The lowest BCUT2D eigenvalue weighted by atomic mass is 9.97. The molecular weight excluding hydrogens is 488 g/mol. The van der Waals surface area contributed by atoms with Crippen molar-refractivity contribution in [3.05, 3.63) is 77.2 Å². The van der Waals surface area contributed by atoms with Crippen LogP contribution in [0.25, 0.3) is 22.6 Å². The number of benzene rings is 2. The number of halogens is 2. The molecule has 0 fully saturated rings. The molecule has 0 saturated carbocycles. The van der Waals surface area contributed by atoms with Crippen LogP contribution in [0.15, 0.2) is 58.2 Å². The quantitative estimate of drug-likeness (QED) is 0.327. The molecule has 4 rings (SSSR count). The minimum absolute atomic E-state index is 0.0303. The third-order valence-corrected chi connectivity index (χ3v) is 6.00. The van der Waals surface area contributed by atoms with E-state index in [1.54, 1.807) is 24.3 Å². The third-order valence-electron chi connectivity index (χ3n) is 4.99. The van der Waals surface area contributed by atoms with Crippen LogP contribution in [0.3, 0.4) is 0 Å². The van der Waals surface area contributed by atoms with Gasteiger partial charge in [-0.2, -0.15) is 10.5 Å². The summed E-state index contributed by atoms with van der Waals surface area (Å²) in [7, 11) is 0. The first kappa shape index (κ1) is 24.7. The summed E-state index contributed by atoms with van der Waals surface area (Å²) in [6, 6.07) is 14.1. The Bertz CT molecular complexity index is 1490. The van der Waals surface area contributed by atoms with Gasteiger partial charge >= 0.3 is 0 Å². The van der Waals surface area contributed by atoms with E-state index in [9.17, 15) is 19.3 Å². The molecular formula is C25H17F2N5O3S. The average molecular weight is 506 g/mol. The highest BCUT2D eigenvalue weighted by atomic mass is 32.2. The van der Waals surface area contributed by atoms with Crippen molar-refractivity contribution in [3.8, 4) is 40.5 Å². The predicted octanol–water partition coefficient (Wildman–Crippen LogP) is 4.67. The Hall–Kier alpha value is -4.45. The Kier molecular flexibility index (Phi) is 7.44. The second-order valence-electron chi connectivity index (χ2n) is 7.31. The standard InChI is InChI=1S/C25H17F2N5O3S/c26-20-6-3-15(9-21(20)27)24-31-16(12-35-24)13-36-25-19(11-29)22(18(10-28)23(30)32-25)14-1-4-17(5-2-14)34-8-7-33/h1-6,9,12,33H,7-8,13H2,(H2,30,32). The molecule has 180 valence electrons. The van der Waals surface area contributed by atoms with Crippen LogP contribution in [-0.4, -0.2) is 28.3 Å². The number of thioether (sulfide) groups is 1. The van der Waals surface area contributed by atoms with Crippen LogP contribution in [0.4, 0.5) is 14.6 Å². The maximum Gasteiger partial charge on any atom is 0.226 e. The molecule has 0 aliphatic heterocycles. The van der Waals surface area contributed by atoms with Crippen molar-refractivity contribution < 1.29 is 23.0 Å². The van der Waals surface area contributed by atoms with Gasteiger partial charge < -0.3 is 20.0 Å². The van der Waals surface area contributed by atoms with E-state index in [0.717, 1.165) is 23.9 Å². The lowest BCUT2D eigenvalue weighted by Crippen LogP contribution is -2.04. The fourth-order valence-corrected chi connectivity index (χ4v) is 4.22. The van der Waals surface area contributed by atoms with E-state index in [1.807, 2.05) is 6.07 Å². The molecule has 11 heteroatoms. The van der Waals surface area contributed by atoms with E-state index in [0.29, 0.717) is 27.6 Å². The molecule has 0 aliphatic rings. The number of ether oxygens (including phenoxy) is 1. The second kappa shape index (κ2) is 10.9. The average Bonchev–Trinajstić information content (AvgIpc) is 3.37. The van der Waals surface area contributed by atoms with Crippen molar-refractivity contribution >= 4 is 17.6 Å². The minimum atomic E-state index is -1.02. The molecule has 4 aromatic rings. The van der Waals surface area contributed by atoms with E-state index < -0.39 is 11.6 Å². The van der Waals surface area contributed by atoms with Crippen LogP contribution in [0, 0.1) is 34.3 Å². The van der Waals surface area contributed by atoms with E-state index in [4.69, 9.17) is 20.0 Å². The number of nitrogens with zero attached hydrogens (tertiary/aromatic N) is 4. The van der Waals surface area contributed by atoms with Gasteiger partial charge in [0.25, 0.3) is 0 Å². The summed E-state index contributed by atoms with van der Waals surface area (Å²) in [5.41, 5.74) is 7.95. The zero-order valence-corrected chi connectivity index (χ0v) is 19.4. The molecule has 0 aliphatic carbocycles. The van der Waals surface area contributed by atoms with Crippen molar-refractivity contribution in [2.75, 3.05) is 18.9 Å². The summed E-state index contributed by atoms with van der Waals surface area (Å²) in [5.74, 6) is -1.16. The van der Waals surface area contributed by atoms with Crippen LogP contribution >= 0.6 is 11.8 Å². The fourth-order valence-electron chi connectivity index (χ4n) is 3.35. The summed E-state index contributed by atoms with van der Waals surface area (Å²) < 4.78 is 37.5. The van der Waals surface area contributed by atoms with Gasteiger partial charge in [-0.25, -0.2) is 18.7 Å². The first-order chi connectivity index (χ1) is 17.4. The van der Waals surface area contributed by atoms with Gasteiger partial charge in [0.05, 0.1) is 17.9 Å². The number of nitriles is 2. The van der Waals surface area contributed by atoms with Crippen molar-refractivity contribution in [1.82, 2.24) is 9.97 Å². The molecule has 0 saturated heterocycles. The lowest BCUT2D eigenvalue weighted by Gasteiger charge is -2.13. The summed E-state index contributed by atoms with van der Waals surface area (Å²) in [6.07, 6.45) is 1.37. The third kappa shape index (κ3) is 5.13. The molecule has 0 bridgehead atoms. The van der Waals surface area contributed by atoms with E-state index in [-0.39, 0.29) is 47.4 Å². The van der Waals surface area contributed by atoms with Crippen molar-refractivity contribution in [2.24, 2.45) is 0 Å². The van der Waals surface area contributed by atoms with Gasteiger partial charge in [0.1, 0.15) is 47.2 Å². The molecule has 2 aromatic carbocycles. The smallest absolute Gasteiger partial charge is 0.226 e. The van der Waals surface area contributed by atoms with Crippen LogP contribution in [0.2, 0.25) is 0 Å². The Labute approximate surface area is 208 Å². The number of nitrogens with two attached hydrogens (primary N) is 1. The van der Waals surface area contributed by atoms with Gasteiger partial charge in [-0.05, 0) is 35.9 Å². The maximum atomic E-state index is 13.5. The summed E-state index contributed by atoms with van der Waals surface area (Å²) in [5, 5.41) is 28.8. The number of nitrogen functional groups attached to an aromatic ring is 1. The normalized spacial score (nSPS) is 10.6. The molecule has 0 unspecified atom stereocenters. The Morgan fingerprint density at radius 1 is 1.00 bits per heavy atom. The van der Waals surface area contributed by atoms with Crippen LogP contribution in [0.5, 0.6) is 5.75 Å². The van der Waals surface area contributed by atoms with Gasteiger partial charge in [0.15, 0.2) is 11.6 Å². The second-order valence-corrected chi connectivity index (χ2v) is 8.27. The number of anilines is 1. The Morgan fingerprint density at radius 3 is 2.39 bits per heavy atom. The van der Waals surface area contributed by atoms with Gasteiger partial charge in [-0.1, -0.05) is 23.9 Å². The molecule has 2 aromatic heterocycles. The molecule has 3 N–H and O–H groups in total. The van der Waals surface area contributed by atoms with E-state index >= 15 is 0 Å². The molecule has 0 spiro atoms. The van der Waals surface area contributed by atoms with Crippen molar-refractivity contribution in [3.63, 3.8) is 0 Å². The number of rotatable bonds is 8. The Morgan fingerprint density at radius 2 is 1.72 bits per heavy atom. The fraction of sp³-hybridized carbons (Fsp3) is 0.120. The molecule has 0 atom stereocenters. The number of aliphatic hydroxyl groups is 1. The summed E-state index contributed by atoms with van der Waals surface area (Å²) >= 11 is 1.16. The SMILES string of the molecule is N#Cc1c(N)nc(SCc2coc(-c3ccc(F)c(F)c3)n2)c(C#N)c1-c1ccc(OCCO)cc1. The lowest BCUT2D eigenvalue weighted by molar-refractivity contribution is 0.201. The number of aromatic nitrogens is 2. The molecule has 2 heterocycles. The van der Waals surface area contributed by atoms with E-state index in [2.05, 4.69) is 16.0 Å². The highest BCUT2D eigenvalue weighted by molar-refractivity contribution is 7.98. The predicted molar refractivity (Wildman–Crippen MR) is 128 cm³/mol. The number of aliphatic hydroxyl groups excluding tert-OH is 1. The van der Waals surface area contributed by atoms with E-state index in [1.165, 1.54) is 12.3 Å². The number of pyridine rings is 1. The van der Waals surface area contributed by atoms with Crippen LogP contribution in [0.1, 0.15) is 16.8 Å². The van der Waals surface area contributed by atoms with Gasteiger partial charge in [0.2, 0.25) is 5.89 Å². The zero-order valence-electron chi connectivity index (χ0n) is 18.5. The first-order valence-electron chi connectivity index (χ1n) is 10.5. The molecule has 36 heavy (non-hydrogen) atoms. The molecule has 0 amide bonds. The monoisotopic (exact) mass is 505 g/mol. The molecule has 8 nitrogen and oxygen atoms in total. The van der Waals surface area contributed by atoms with Crippen molar-refractivity contribution in [2.45, 2.75) is 10.8 Å². The highest BCUT2D eigenvalue weighted by Crippen LogP contribution is 2.37. The Balaban J connectivity index is 1.63. The minimum Gasteiger partial charge on any atom is -0.491 e. The van der Waals surface area contributed by atoms with Gasteiger partial charge in [0, 0.05) is 16.9 Å². The van der Waals surface area contributed by atoms with Gasteiger partial charge in [-0.3, -0.25) is 0 Å². The van der Waals surface area contributed by atoms with Crippen LogP contribution < -0.4 is 10.5 Å².